The van der Waals surface area contributed by atoms with E-state index in [-0.39, 0.29) is 29.1 Å². The first kappa shape index (κ1) is 16.9. The van der Waals surface area contributed by atoms with Crippen molar-refractivity contribution in [3.05, 3.63) is 24.0 Å². The van der Waals surface area contributed by atoms with Crippen molar-refractivity contribution in [2.24, 2.45) is 5.41 Å². The van der Waals surface area contributed by atoms with Gasteiger partial charge in [0, 0.05) is 13.2 Å². The monoisotopic (exact) mass is 304 g/mol. The summed E-state index contributed by atoms with van der Waals surface area (Å²) in [6.07, 6.45) is 1.29. The summed E-state index contributed by atoms with van der Waals surface area (Å²) in [7, 11) is -3.77. The first-order chi connectivity index (χ1) is 9.18. The summed E-state index contributed by atoms with van der Waals surface area (Å²) in [4.78, 5) is -0.151. The normalized spacial score (nSPS) is 12.6. The summed E-state index contributed by atoms with van der Waals surface area (Å²) in [5.41, 5.74) is 4.94. The van der Waals surface area contributed by atoms with Crippen molar-refractivity contribution >= 4 is 15.7 Å². The molecule has 1 aromatic carbocycles. The topological polar surface area (TPSA) is 92.4 Å². The zero-order valence-electron chi connectivity index (χ0n) is 11.7. The number of halogens is 1. The van der Waals surface area contributed by atoms with Crippen LogP contribution in [0.25, 0.3) is 0 Å². The Morgan fingerprint density at radius 2 is 2.05 bits per heavy atom. The van der Waals surface area contributed by atoms with Crippen molar-refractivity contribution in [1.82, 2.24) is 4.72 Å². The largest absolute Gasteiger partial charge is 0.396 e. The molecule has 4 N–H and O–H groups in total. The van der Waals surface area contributed by atoms with Gasteiger partial charge in [0.25, 0.3) is 0 Å². The first-order valence-electron chi connectivity index (χ1n) is 6.33. The lowest BCUT2D eigenvalue weighted by molar-refractivity contribution is 0.242. The minimum Gasteiger partial charge on any atom is -0.396 e. The van der Waals surface area contributed by atoms with Crippen LogP contribution >= 0.6 is 0 Å². The third-order valence-corrected chi connectivity index (χ3v) is 4.43. The predicted molar refractivity (Wildman–Crippen MR) is 76.1 cm³/mol. The van der Waals surface area contributed by atoms with Crippen LogP contribution in [0, 0.1) is 11.2 Å². The van der Waals surface area contributed by atoms with E-state index < -0.39 is 15.8 Å². The highest BCUT2D eigenvalue weighted by molar-refractivity contribution is 7.89. The summed E-state index contributed by atoms with van der Waals surface area (Å²) < 4.78 is 39.9. The van der Waals surface area contributed by atoms with E-state index in [0.717, 1.165) is 6.07 Å². The molecule has 5 nitrogen and oxygen atoms in total. The van der Waals surface area contributed by atoms with Gasteiger partial charge in [-0.05, 0) is 36.5 Å². The lowest BCUT2D eigenvalue weighted by atomic mass is 9.88. The van der Waals surface area contributed by atoms with Gasteiger partial charge < -0.3 is 10.8 Å². The Kier molecular flexibility index (Phi) is 5.50. The molecule has 0 fully saturated rings. The number of benzene rings is 1. The smallest absolute Gasteiger partial charge is 0.240 e. The zero-order valence-corrected chi connectivity index (χ0v) is 12.5. The van der Waals surface area contributed by atoms with Gasteiger partial charge in [0.2, 0.25) is 10.0 Å². The number of aliphatic hydroxyl groups excluding tert-OH is 1. The molecule has 114 valence electrons. The van der Waals surface area contributed by atoms with Gasteiger partial charge in [-0.3, -0.25) is 0 Å². The van der Waals surface area contributed by atoms with Crippen LogP contribution in [0.2, 0.25) is 0 Å². The van der Waals surface area contributed by atoms with Crippen LogP contribution in [0.1, 0.15) is 26.7 Å². The summed E-state index contributed by atoms with van der Waals surface area (Å²) in [6.45, 7) is 4.07. The number of sulfonamides is 1. The molecule has 0 radical (unpaired) electrons. The molecule has 0 aromatic heterocycles. The van der Waals surface area contributed by atoms with Crippen LogP contribution in [0.4, 0.5) is 10.1 Å². The van der Waals surface area contributed by atoms with E-state index >= 15 is 0 Å². The molecule has 0 aliphatic carbocycles. The van der Waals surface area contributed by atoms with Crippen LogP contribution in [0.5, 0.6) is 0 Å². The van der Waals surface area contributed by atoms with Gasteiger partial charge in [0.1, 0.15) is 5.82 Å². The van der Waals surface area contributed by atoms with Crippen LogP contribution in [-0.2, 0) is 10.0 Å². The van der Waals surface area contributed by atoms with Crippen molar-refractivity contribution in [3.63, 3.8) is 0 Å². The molecule has 0 aliphatic rings. The molecule has 1 aromatic rings. The maximum Gasteiger partial charge on any atom is 0.240 e. The lowest BCUT2D eigenvalue weighted by Gasteiger charge is -2.24. The van der Waals surface area contributed by atoms with Crippen molar-refractivity contribution in [2.75, 3.05) is 18.9 Å². The average molecular weight is 304 g/mol. The third-order valence-electron chi connectivity index (χ3n) is 3.03. The summed E-state index contributed by atoms with van der Waals surface area (Å²) in [5.74, 6) is -0.757. The van der Waals surface area contributed by atoms with Crippen LogP contribution in [0.15, 0.2) is 23.1 Å². The standard InChI is InChI=1S/C13H21FN2O3S/c1-13(2,6-3-7-17)9-16-20(18,19)10-4-5-12(15)11(14)8-10/h4-5,8,16-17H,3,6-7,9,15H2,1-2H3. The first-order valence-corrected chi connectivity index (χ1v) is 7.82. The minimum atomic E-state index is -3.77. The van der Waals surface area contributed by atoms with Gasteiger partial charge in [-0.15, -0.1) is 0 Å². The zero-order chi connectivity index (χ0) is 15.4. The molecule has 0 saturated carbocycles. The van der Waals surface area contributed by atoms with E-state index in [1.54, 1.807) is 0 Å². The quantitative estimate of drug-likeness (QED) is 0.665. The van der Waals surface area contributed by atoms with E-state index in [9.17, 15) is 12.8 Å². The molecule has 0 spiro atoms. The predicted octanol–water partition coefficient (Wildman–Crippen LogP) is 1.48. The second-order valence-electron chi connectivity index (χ2n) is 5.50. The Bertz CT molecular complexity index is 559. The van der Waals surface area contributed by atoms with Crippen molar-refractivity contribution in [1.29, 1.82) is 0 Å². The van der Waals surface area contributed by atoms with E-state index in [0.29, 0.717) is 12.8 Å². The Morgan fingerprint density at radius 1 is 1.40 bits per heavy atom. The molecule has 0 atom stereocenters. The molecular formula is C13H21FN2O3S. The number of nitrogens with two attached hydrogens (primary N) is 1. The second-order valence-corrected chi connectivity index (χ2v) is 7.27. The highest BCUT2D eigenvalue weighted by Crippen LogP contribution is 2.22. The molecular weight excluding hydrogens is 283 g/mol. The van der Waals surface area contributed by atoms with E-state index in [4.69, 9.17) is 10.8 Å². The SMILES string of the molecule is CC(C)(CCCO)CNS(=O)(=O)c1ccc(N)c(F)c1. The maximum atomic E-state index is 13.3. The number of hydrogen-bond donors (Lipinski definition) is 3. The Hall–Kier alpha value is -1.18. The number of rotatable bonds is 7. The Morgan fingerprint density at radius 3 is 2.60 bits per heavy atom. The van der Waals surface area contributed by atoms with Crippen molar-refractivity contribution in [3.8, 4) is 0 Å². The number of nitrogen functional groups attached to an aromatic ring is 1. The third kappa shape index (κ3) is 4.73. The highest BCUT2D eigenvalue weighted by atomic mass is 32.2. The molecule has 0 saturated heterocycles. The minimum absolute atomic E-state index is 0.0688. The fourth-order valence-electron chi connectivity index (χ4n) is 1.69. The van der Waals surface area contributed by atoms with Crippen LogP contribution in [0.3, 0.4) is 0 Å². The second kappa shape index (κ2) is 6.51. The van der Waals surface area contributed by atoms with Gasteiger partial charge in [-0.25, -0.2) is 17.5 Å². The van der Waals surface area contributed by atoms with Gasteiger partial charge >= 0.3 is 0 Å². The van der Waals surface area contributed by atoms with E-state index in [1.807, 2.05) is 13.8 Å². The van der Waals surface area contributed by atoms with E-state index in [1.165, 1.54) is 12.1 Å². The fraction of sp³-hybridized carbons (Fsp3) is 0.538. The average Bonchev–Trinajstić information content (AvgIpc) is 2.37. The fourth-order valence-corrected chi connectivity index (χ4v) is 2.95. The van der Waals surface area contributed by atoms with Crippen LogP contribution < -0.4 is 10.5 Å². The molecule has 20 heavy (non-hydrogen) atoms. The molecule has 1 rings (SSSR count). The lowest BCUT2D eigenvalue weighted by Crippen LogP contribution is -2.34. The number of hydrogen-bond acceptors (Lipinski definition) is 4. The molecule has 0 heterocycles. The van der Waals surface area contributed by atoms with Gasteiger partial charge in [-0.1, -0.05) is 13.8 Å². The summed E-state index contributed by atoms with van der Waals surface area (Å²) in [6, 6.07) is 3.39. The molecule has 0 amide bonds. The molecule has 0 aliphatic heterocycles. The van der Waals surface area contributed by atoms with Crippen molar-refractivity contribution < 1.29 is 17.9 Å². The van der Waals surface area contributed by atoms with Gasteiger partial charge in [0.15, 0.2) is 0 Å². The highest BCUT2D eigenvalue weighted by Gasteiger charge is 2.22. The number of aliphatic hydroxyl groups is 1. The number of anilines is 1. The van der Waals surface area contributed by atoms with Gasteiger partial charge in [0.05, 0.1) is 10.6 Å². The number of nitrogens with one attached hydrogen (secondary N) is 1. The van der Waals surface area contributed by atoms with Gasteiger partial charge in [-0.2, -0.15) is 0 Å². The molecule has 7 heteroatoms. The molecule has 0 bridgehead atoms. The Labute approximate surface area is 119 Å². The molecule has 0 unspecified atom stereocenters. The van der Waals surface area contributed by atoms with Crippen LogP contribution in [-0.4, -0.2) is 26.7 Å². The summed E-state index contributed by atoms with van der Waals surface area (Å²) >= 11 is 0. The summed E-state index contributed by atoms with van der Waals surface area (Å²) in [5, 5.41) is 8.80. The van der Waals surface area contributed by atoms with E-state index in [2.05, 4.69) is 4.72 Å². The Balaban J connectivity index is 2.77. The maximum absolute atomic E-state index is 13.3. The van der Waals surface area contributed by atoms with Crippen molar-refractivity contribution in [2.45, 2.75) is 31.6 Å².